The lowest BCUT2D eigenvalue weighted by atomic mass is 10.1. The highest BCUT2D eigenvalue weighted by Crippen LogP contribution is 2.25. The van der Waals surface area contributed by atoms with E-state index in [9.17, 15) is 13.2 Å². The van der Waals surface area contributed by atoms with Gasteiger partial charge in [-0.15, -0.1) is 5.10 Å². The second kappa shape index (κ2) is 5.28. The number of pyridine rings is 1. The summed E-state index contributed by atoms with van der Waals surface area (Å²) in [6, 6.07) is 8.30. The number of rotatable bonds is 3. The molecule has 0 saturated heterocycles. The molecule has 0 unspecified atom stereocenters. The van der Waals surface area contributed by atoms with E-state index >= 15 is 0 Å². The number of halogens is 3. The molecular weight excluding hydrogens is 297 g/mol. The first kappa shape index (κ1) is 14.3. The Morgan fingerprint density at radius 1 is 1.14 bits per heavy atom. The fourth-order valence-corrected chi connectivity index (χ4v) is 2.07. The van der Waals surface area contributed by atoms with Crippen LogP contribution in [0.25, 0.3) is 16.8 Å². The molecule has 0 aliphatic heterocycles. The summed E-state index contributed by atoms with van der Waals surface area (Å²) in [6.45, 7) is 0.581. The van der Waals surface area contributed by atoms with Crippen molar-refractivity contribution >= 4 is 5.65 Å². The zero-order valence-electron chi connectivity index (χ0n) is 11.5. The van der Waals surface area contributed by atoms with Gasteiger partial charge in [-0.05, 0) is 46.7 Å². The molecule has 22 heavy (non-hydrogen) atoms. The Bertz CT molecular complexity index is 796. The average Bonchev–Trinajstić information content (AvgIpc) is 2.94. The second-order valence-electron chi connectivity index (χ2n) is 4.79. The minimum Gasteiger partial charge on any atom is -0.484 e. The van der Waals surface area contributed by atoms with Crippen molar-refractivity contribution in [2.24, 2.45) is 0 Å². The molecule has 0 saturated carbocycles. The fourth-order valence-electron chi connectivity index (χ4n) is 2.07. The normalized spacial score (nSPS) is 11.8. The molecule has 2 heterocycles. The Balaban J connectivity index is 1.85. The fraction of sp³-hybridized carbons (Fsp3) is 0.214. The zero-order valence-corrected chi connectivity index (χ0v) is 11.5. The number of alkyl halides is 3. The molecule has 5 nitrogen and oxygen atoms in total. The summed E-state index contributed by atoms with van der Waals surface area (Å²) in [7, 11) is 0. The van der Waals surface area contributed by atoms with Crippen LogP contribution in [0.5, 0.6) is 5.75 Å². The van der Waals surface area contributed by atoms with Crippen LogP contribution in [0.2, 0.25) is 0 Å². The summed E-state index contributed by atoms with van der Waals surface area (Å²) in [5.41, 5.74) is 3.26. The standard InChI is InChI=1S/C14H11F3N4O/c1-9-6-11(7-21-13(9)18-19-20-21)10-2-4-12(5-3-10)22-8-14(15,16)17/h2-7H,8H2,1H3. The molecule has 8 heteroatoms. The highest BCUT2D eigenvalue weighted by Gasteiger charge is 2.28. The summed E-state index contributed by atoms with van der Waals surface area (Å²) in [6.07, 6.45) is -2.59. The number of aromatic nitrogens is 4. The lowest BCUT2D eigenvalue weighted by Crippen LogP contribution is -2.19. The van der Waals surface area contributed by atoms with E-state index in [0.29, 0.717) is 5.65 Å². The van der Waals surface area contributed by atoms with Gasteiger partial charge in [-0.3, -0.25) is 0 Å². The number of fused-ring (bicyclic) bond motifs is 1. The minimum atomic E-state index is -4.35. The molecule has 0 aliphatic carbocycles. The minimum absolute atomic E-state index is 0.168. The molecule has 0 aliphatic rings. The maximum atomic E-state index is 12.1. The third-order valence-corrected chi connectivity index (χ3v) is 3.07. The van der Waals surface area contributed by atoms with E-state index in [2.05, 4.69) is 20.3 Å². The topological polar surface area (TPSA) is 52.3 Å². The molecule has 3 aromatic rings. The first-order chi connectivity index (χ1) is 10.4. The van der Waals surface area contributed by atoms with Gasteiger partial charge in [-0.25, -0.2) is 0 Å². The van der Waals surface area contributed by atoms with Gasteiger partial charge in [0.25, 0.3) is 0 Å². The van der Waals surface area contributed by atoms with E-state index in [1.807, 2.05) is 13.0 Å². The van der Waals surface area contributed by atoms with Crippen LogP contribution < -0.4 is 4.74 Å². The lowest BCUT2D eigenvalue weighted by Gasteiger charge is -2.10. The molecule has 0 amide bonds. The van der Waals surface area contributed by atoms with Crippen LogP contribution in [0.1, 0.15) is 5.56 Å². The number of ether oxygens (including phenoxy) is 1. The van der Waals surface area contributed by atoms with E-state index in [1.165, 1.54) is 12.1 Å². The number of aryl methyl sites for hydroxylation is 1. The van der Waals surface area contributed by atoms with Crippen LogP contribution in [0, 0.1) is 6.92 Å². The van der Waals surface area contributed by atoms with E-state index in [0.717, 1.165) is 16.7 Å². The van der Waals surface area contributed by atoms with Gasteiger partial charge >= 0.3 is 6.18 Å². The van der Waals surface area contributed by atoms with Crippen molar-refractivity contribution in [1.29, 1.82) is 0 Å². The summed E-state index contributed by atoms with van der Waals surface area (Å²) in [5.74, 6) is 0.168. The molecule has 0 spiro atoms. The van der Waals surface area contributed by atoms with Crippen LogP contribution in [0.4, 0.5) is 13.2 Å². The van der Waals surface area contributed by atoms with Gasteiger partial charge in [0, 0.05) is 11.8 Å². The summed E-state index contributed by atoms with van der Waals surface area (Å²) in [4.78, 5) is 0. The van der Waals surface area contributed by atoms with Crippen LogP contribution >= 0.6 is 0 Å². The molecular formula is C14H11F3N4O. The Hall–Kier alpha value is -2.64. The Labute approximate surface area is 123 Å². The Kier molecular flexibility index (Phi) is 3.44. The number of benzene rings is 1. The molecule has 114 valence electrons. The van der Waals surface area contributed by atoms with Gasteiger partial charge in [0.2, 0.25) is 0 Å². The van der Waals surface area contributed by atoms with Gasteiger partial charge in [0.15, 0.2) is 12.3 Å². The van der Waals surface area contributed by atoms with Gasteiger partial charge in [0.05, 0.1) is 0 Å². The SMILES string of the molecule is Cc1cc(-c2ccc(OCC(F)(F)F)cc2)cn2nnnc12. The summed E-state index contributed by atoms with van der Waals surface area (Å²) < 4.78 is 42.5. The van der Waals surface area contributed by atoms with Crippen LogP contribution in [0.3, 0.4) is 0 Å². The smallest absolute Gasteiger partial charge is 0.422 e. The largest absolute Gasteiger partial charge is 0.484 e. The third-order valence-electron chi connectivity index (χ3n) is 3.07. The first-order valence-electron chi connectivity index (χ1n) is 6.41. The molecule has 1 aromatic carbocycles. The third kappa shape index (κ3) is 3.00. The molecule has 0 radical (unpaired) electrons. The van der Waals surface area contributed by atoms with Crippen LogP contribution in [0.15, 0.2) is 36.5 Å². The molecule has 2 aromatic heterocycles. The van der Waals surface area contributed by atoms with Crippen molar-refractivity contribution in [3.63, 3.8) is 0 Å². The van der Waals surface area contributed by atoms with E-state index in [4.69, 9.17) is 0 Å². The van der Waals surface area contributed by atoms with Crippen molar-refractivity contribution in [3.8, 4) is 16.9 Å². The quantitative estimate of drug-likeness (QED) is 0.746. The number of hydrogen-bond acceptors (Lipinski definition) is 4. The maximum Gasteiger partial charge on any atom is 0.422 e. The van der Waals surface area contributed by atoms with E-state index in [-0.39, 0.29) is 5.75 Å². The van der Waals surface area contributed by atoms with Crippen molar-refractivity contribution in [1.82, 2.24) is 20.0 Å². The molecule has 0 N–H and O–H groups in total. The second-order valence-corrected chi connectivity index (χ2v) is 4.79. The maximum absolute atomic E-state index is 12.1. The van der Waals surface area contributed by atoms with E-state index < -0.39 is 12.8 Å². The molecule has 3 rings (SSSR count). The predicted octanol–water partition coefficient (Wildman–Crippen LogP) is 3.04. The number of tetrazole rings is 1. The van der Waals surface area contributed by atoms with Crippen molar-refractivity contribution in [2.45, 2.75) is 13.1 Å². The summed E-state index contributed by atoms with van der Waals surface area (Å²) in [5, 5.41) is 11.3. The first-order valence-corrected chi connectivity index (χ1v) is 6.41. The highest BCUT2D eigenvalue weighted by atomic mass is 19.4. The van der Waals surface area contributed by atoms with Crippen molar-refractivity contribution in [2.75, 3.05) is 6.61 Å². The Morgan fingerprint density at radius 2 is 1.86 bits per heavy atom. The predicted molar refractivity (Wildman–Crippen MR) is 72.5 cm³/mol. The average molecular weight is 308 g/mol. The Morgan fingerprint density at radius 3 is 2.55 bits per heavy atom. The zero-order chi connectivity index (χ0) is 15.7. The van der Waals surface area contributed by atoms with Gasteiger partial charge in [0.1, 0.15) is 5.75 Å². The van der Waals surface area contributed by atoms with Crippen LogP contribution in [-0.4, -0.2) is 32.8 Å². The monoisotopic (exact) mass is 308 g/mol. The number of hydrogen-bond donors (Lipinski definition) is 0. The van der Waals surface area contributed by atoms with Crippen LogP contribution in [-0.2, 0) is 0 Å². The summed E-state index contributed by atoms with van der Waals surface area (Å²) >= 11 is 0. The van der Waals surface area contributed by atoms with Gasteiger partial charge in [-0.1, -0.05) is 12.1 Å². The number of nitrogens with zero attached hydrogens (tertiary/aromatic N) is 4. The molecule has 0 fully saturated rings. The van der Waals surface area contributed by atoms with Crippen molar-refractivity contribution in [3.05, 3.63) is 42.1 Å². The van der Waals surface area contributed by atoms with Gasteiger partial charge in [-0.2, -0.15) is 17.7 Å². The lowest BCUT2D eigenvalue weighted by molar-refractivity contribution is -0.153. The molecule has 0 atom stereocenters. The van der Waals surface area contributed by atoms with E-state index in [1.54, 1.807) is 22.8 Å². The van der Waals surface area contributed by atoms with Crippen molar-refractivity contribution < 1.29 is 17.9 Å². The highest BCUT2D eigenvalue weighted by molar-refractivity contribution is 5.66. The van der Waals surface area contributed by atoms with Gasteiger partial charge < -0.3 is 4.74 Å². The molecule has 0 bridgehead atoms.